The number of anilines is 1. The van der Waals surface area contributed by atoms with Crippen molar-refractivity contribution in [3.05, 3.63) is 94.8 Å². The molecule has 2 heterocycles. The van der Waals surface area contributed by atoms with Crippen LogP contribution in [-0.2, 0) is 17.7 Å². The number of rotatable bonds is 5. The summed E-state index contributed by atoms with van der Waals surface area (Å²) in [5.41, 5.74) is 10.1. The fourth-order valence-electron chi connectivity index (χ4n) is 4.37. The van der Waals surface area contributed by atoms with Crippen LogP contribution < -0.4 is 11.3 Å². The summed E-state index contributed by atoms with van der Waals surface area (Å²) in [4.78, 5) is 17.7. The zero-order chi connectivity index (χ0) is 21.2. The average molecular weight is 412 g/mol. The summed E-state index contributed by atoms with van der Waals surface area (Å²) < 4.78 is 7.78. The number of aromatic nitrogens is 2. The molecule has 1 aliphatic heterocycles. The van der Waals surface area contributed by atoms with E-state index in [1.54, 1.807) is 4.57 Å². The number of nitrogen functional groups attached to an aromatic ring is 1. The van der Waals surface area contributed by atoms with Crippen molar-refractivity contribution in [3.8, 4) is 11.1 Å². The Morgan fingerprint density at radius 1 is 0.903 bits per heavy atom. The summed E-state index contributed by atoms with van der Waals surface area (Å²) in [6, 6.07) is 26.1. The Hall–Kier alpha value is -3.44. The second-order valence-electron chi connectivity index (χ2n) is 8.13. The van der Waals surface area contributed by atoms with Gasteiger partial charge in [-0.2, -0.15) is 0 Å². The van der Waals surface area contributed by atoms with Gasteiger partial charge in [-0.05, 0) is 48.1 Å². The molecule has 5 heteroatoms. The summed E-state index contributed by atoms with van der Waals surface area (Å²) in [7, 11) is 0. The van der Waals surface area contributed by atoms with Crippen LogP contribution >= 0.6 is 0 Å². The SMILES string of the molecule is Nc1nc2cc(-c3ccccc3)ccc2c(=O)n1CC1CCC(Cc2ccccc2)O1. The van der Waals surface area contributed by atoms with E-state index in [9.17, 15) is 4.79 Å². The molecule has 1 fully saturated rings. The molecule has 3 aromatic carbocycles. The molecule has 0 amide bonds. The molecular weight excluding hydrogens is 386 g/mol. The van der Waals surface area contributed by atoms with Crippen molar-refractivity contribution in [2.24, 2.45) is 0 Å². The predicted octanol–water partition coefficient (Wildman–Crippen LogP) is 4.44. The van der Waals surface area contributed by atoms with Crippen LogP contribution in [0.5, 0.6) is 0 Å². The number of nitrogens with zero attached hydrogens (tertiary/aromatic N) is 2. The van der Waals surface area contributed by atoms with E-state index in [4.69, 9.17) is 10.5 Å². The Labute approximate surface area is 181 Å². The lowest BCUT2D eigenvalue weighted by Gasteiger charge is -2.17. The highest BCUT2D eigenvalue weighted by Gasteiger charge is 2.26. The van der Waals surface area contributed by atoms with Gasteiger partial charge in [-0.15, -0.1) is 0 Å². The lowest BCUT2D eigenvalue weighted by molar-refractivity contribution is 0.0359. The van der Waals surface area contributed by atoms with Gasteiger partial charge < -0.3 is 10.5 Å². The topological polar surface area (TPSA) is 70.1 Å². The number of hydrogen-bond acceptors (Lipinski definition) is 4. The van der Waals surface area contributed by atoms with Crippen LogP contribution in [0.4, 0.5) is 5.95 Å². The molecule has 5 nitrogen and oxygen atoms in total. The van der Waals surface area contributed by atoms with E-state index in [1.165, 1.54) is 5.56 Å². The summed E-state index contributed by atoms with van der Waals surface area (Å²) in [5, 5.41) is 0.577. The van der Waals surface area contributed by atoms with Crippen molar-refractivity contribution < 1.29 is 4.74 Å². The fourth-order valence-corrected chi connectivity index (χ4v) is 4.37. The smallest absolute Gasteiger partial charge is 0.262 e. The molecule has 5 rings (SSSR count). The van der Waals surface area contributed by atoms with Gasteiger partial charge in [0.25, 0.3) is 5.56 Å². The maximum Gasteiger partial charge on any atom is 0.262 e. The van der Waals surface area contributed by atoms with Crippen LogP contribution in [0.3, 0.4) is 0 Å². The van der Waals surface area contributed by atoms with Crippen molar-refractivity contribution in [1.29, 1.82) is 0 Å². The number of ether oxygens (including phenoxy) is 1. The number of benzene rings is 3. The summed E-state index contributed by atoms with van der Waals surface area (Å²) in [6.07, 6.45) is 2.92. The van der Waals surface area contributed by atoms with Gasteiger partial charge in [0.15, 0.2) is 0 Å². The Morgan fingerprint density at radius 3 is 2.39 bits per heavy atom. The molecule has 0 bridgehead atoms. The molecule has 0 saturated carbocycles. The largest absolute Gasteiger partial charge is 0.373 e. The van der Waals surface area contributed by atoms with E-state index in [2.05, 4.69) is 17.1 Å². The highest BCUT2D eigenvalue weighted by atomic mass is 16.5. The predicted molar refractivity (Wildman–Crippen MR) is 124 cm³/mol. The van der Waals surface area contributed by atoms with E-state index >= 15 is 0 Å². The molecule has 2 unspecified atom stereocenters. The van der Waals surface area contributed by atoms with Crippen LogP contribution in [-0.4, -0.2) is 21.8 Å². The lowest BCUT2D eigenvalue weighted by Crippen LogP contribution is -2.30. The minimum Gasteiger partial charge on any atom is -0.373 e. The minimum atomic E-state index is -0.114. The first-order chi connectivity index (χ1) is 15.2. The number of fused-ring (bicyclic) bond motifs is 1. The van der Waals surface area contributed by atoms with Crippen molar-refractivity contribution in [2.75, 3.05) is 5.73 Å². The third-order valence-corrected chi connectivity index (χ3v) is 5.98. The standard InChI is InChI=1S/C26H25N3O2/c27-26-28-24-16-20(19-9-5-2-6-10-19)11-14-23(24)25(30)29(26)17-22-13-12-21(31-22)15-18-7-3-1-4-8-18/h1-11,14,16,21-22H,12-13,15,17H2,(H2,27,28). The summed E-state index contributed by atoms with van der Waals surface area (Å²) >= 11 is 0. The maximum absolute atomic E-state index is 13.1. The molecule has 156 valence electrons. The third-order valence-electron chi connectivity index (χ3n) is 5.98. The van der Waals surface area contributed by atoms with Gasteiger partial charge in [0, 0.05) is 0 Å². The fraction of sp³-hybridized carbons (Fsp3) is 0.231. The summed E-state index contributed by atoms with van der Waals surface area (Å²) in [5.74, 6) is 0.234. The van der Waals surface area contributed by atoms with Crippen LogP contribution in [0.2, 0.25) is 0 Å². The highest BCUT2D eigenvalue weighted by Crippen LogP contribution is 2.26. The van der Waals surface area contributed by atoms with Crippen molar-refractivity contribution in [1.82, 2.24) is 9.55 Å². The van der Waals surface area contributed by atoms with Gasteiger partial charge in [0.1, 0.15) is 0 Å². The van der Waals surface area contributed by atoms with Gasteiger partial charge in [0.2, 0.25) is 5.95 Å². The molecule has 4 aromatic rings. The van der Waals surface area contributed by atoms with E-state index in [0.717, 1.165) is 30.4 Å². The Balaban J connectivity index is 1.36. The average Bonchev–Trinajstić information content (AvgIpc) is 3.24. The highest BCUT2D eigenvalue weighted by molar-refractivity contribution is 5.84. The molecule has 0 radical (unpaired) electrons. The summed E-state index contributed by atoms with van der Waals surface area (Å²) in [6.45, 7) is 0.430. The van der Waals surface area contributed by atoms with E-state index in [0.29, 0.717) is 17.4 Å². The number of nitrogens with two attached hydrogens (primary N) is 1. The molecule has 0 aliphatic carbocycles. The molecule has 1 aliphatic rings. The Morgan fingerprint density at radius 2 is 1.61 bits per heavy atom. The van der Waals surface area contributed by atoms with Crippen molar-refractivity contribution in [2.45, 2.75) is 38.0 Å². The van der Waals surface area contributed by atoms with E-state index in [-0.39, 0.29) is 23.7 Å². The van der Waals surface area contributed by atoms with Crippen LogP contribution in [0.15, 0.2) is 83.7 Å². The van der Waals surface area contributed by atoms with Crippen molar-refractivity contribution >= 4 is 16.9 Å². The Bertz CT molecular complexity index is 1250. The first kappa shape index (κ1) is 19.5. The third kappa shape index (κ3) is 4.09. The quantitative estimate of drug-likeness (QED) is 0.527. The zero-order valence-electron chi connectivity index (χ0n) is 17.3. The van der Waals surface area contributed by atoms with Gasteiger partial charge >= 0.3 is 0 Å². The van der Waals surface area contributed by atoms with Gasteiger partial charge in [-0.25, -0.2) is 4.98 Å². The van der Waals surface area contributed by atoms with E-state index < -0.39 is 0 Å². The van der Waals surface area contributed by atoms with Crippen LogP contribution in [0, 0.1) is 0 Å². The minimum absolute atomic E-state index is 0.0310. The van der Waals surface area contributed by atoms with Crippen LogP contribution in [0.1, 0.15) is 18.4 Å². The molecule has 0 spiro atoms. The number of hydrogen-bond donors (Lipinski definition) is 1. The molecule has 31 heavy (non-hydrogen) atoms. The lowest BCUT2D eigenvalue weighted by atomic mass is 10.0. The normalized spacial score (nSPS) is 18.5. The Kier molecular flexibility index (Phi) is 5.26. The monoisotopic (exact) mass is 411 g/mol. The first-order valence-corrected chi connectivity index (χ1v) is 10.7. The van der Waals surface area contributed by atoms with Crippen LogP contribution in [0.25, 0.3) is 22.0 Å². The van der Waals surface area contributed by atoms with Gasteiger partial charge in [0.05, 0.1) is 29.7 Å². The maximum atomic E-state index is 13.1. The second-order valence-corrected chi connectivity index (χ2v) is 8.13. The zero-order valence-corrected chi connectivity index (χ0v) is 17.3. The van der Waals surface area contributed by atoms with Crippen molar-refractivity contribution in [3.63, 3.8) is 0 Å². The molecule has 1 aromatic heterocycles. The molecule has 2 N–H and O–H groups in total. The van der Waals surface area contributed by atoms with E-state index in [1.807, 2.05) is 66.7 Å². The second kappa shape index (κ2) is 8.36. The molecule has 2 atom stereocenters. The van der Waals surface area contributed by atoms with Gasteiger partial charge in [-0.1, -0.05) is 66.7 Å². The molecular formula is C26H25N3O2. The first-order valence-electron chi connectivity index (χ1n) is 10.7. The molecule has 1 saturated heterocycles. The van der Waals surface area contributed by atoms with Gasteiger partial charge in [-0.3, -0.25) is 9.36 Å².